The molecular formula is C26H21N5OS. The highest BCUT2D eigenvalue weighted by Gasteiger charge is 2.14. The fourth-order valence-electron chi connectivity index (χ4n) is 4.19. The van der Waals surface area contributed by atoms with Crippen molar-refractivity contribution in [1.82, 2.24) is 20.3 Å². The van der Waals surface area contributed by atoms with Gasteiger partial charge in [0.15, 0.2) is 5.13 Å². The van der Waals surface area contributed by atoms with Crippen molar-refractivity contribution in [1.29, 1.82) is 0 Å². The van der Waals surface area contributed by atoms with E-state index in [0.29, 0.717) is 12.1 Å². The fourth-order valence-corrected chi connectivity index (χ4v) is 5.05. The number of H-pyrrole nitrogens is 2. The fraction of sp³-hybridized carbons (Fsp3) is 0.0769. The average Bonchev–Trinajstić information content (AvgIpc) is 3.58. The van der Waals surface area contributed by atoms with E-state index in [9.17, 15) is 4.79 Å². The van der Waals surface area contributed by atoms with Crippen molar-refractivity contribution in [3.63, 3.8) is 0 Å². The average molecular weight is 452 g/mol. The summed E-state index contributed by atoms with van der Waals surface area (Å²) in [6, 6.07) is 20.6. The summed E-state index contributed by atoms with van der Waals surface area (Å²) >= 11 is 1.63. The summed E-state index contributed by atoms with van der Waals surface area (Å²) in [5.41, 5.74) is 6.88. The van der Waals surface area contributed by atoms with Crippen LogP contribution in [0.2, 0.25) is 0 Å². The Labute approximate surface area is 193 Å². The van der Waals surface area contributed by atoms with Crippen molar-refractivity contribution in [2.24, 2.45) is 0 Å². The molecule has 33 heavy (non-hydrogen) atoms. The number of carbonyl (C=O) groups is 1. The predicted octanol–water partition coefficient (Wildman–Crippen LogP) is 5.90. The van der Waals surface area contributed by atoms with E-state index in [1.165, 1.54) is 0 Å². The second-order valence-corrected chi connectivity index (χ2v) is 9.03. The van der Waals surface area contributed by atoms with Gasteiger partial charge < -0.3 is 20.6 Å². The Morgan fingerprint density at radius 3 is 2.73 bits per heavy atom. The van der Waals surface area contributed by atoms with Crippen LogP contribution in [0.5, 0.6) is 0 Å². The van der Waals surface area contributed by atoms with E-state index >= 15 is 0 Å². The van der Waals surface area contributed by atoms with E-state index in [1.807, 2.05) is 43.6 Å². The first kappa shape index (κ1) is 19.6. The van der Waals surface area contributed by atoms with Crippen molar-refractivity contribution in [2.45, 2.75) is 6.54 Å². The van der Waals surface area contributed by atoms with Crippen LogP contribution in [0.4, 0.5) is 5.13 Å². The number of benzene rings is 3. The van der Waals surface area contributed by atoms with Crippen molar-refractivity contribution < 1.29 is 4.79 Å². The molecule has 6 rings (SSSR count). The van der Waals surface area contributed by atoms with Gasteiger partial charge in [-0.3, -0.25) is 4.79 Å². The van der Waals surface area contributed by atoms with Crippen molar-refractivity contribution in [2.75, 3.05) is 12.4 Å². The molecule has 3 heterocycles. The molecule has 0 aliphatic carbocycles. The van der Waals surface area contributed by atoms with Crippen LogP contribution in [-0.2, 0) is 6.54 Å². The molecule has 3 aromatic carbocycles. The van der Waals surface area contributed by atoms with Crippen molar-refractivity contribution >= 4 is 54.4 Å². The number of aromatic nitrogens is 3. The molecule has 0 radical (unpaired) electrons. The number of thiazole rings is 1. The molecule has 0 atom stereocenters. The molecule has 162 valence electrons. The highest BCUT2D eigenvalue weighted by molar-refractivity contribution is 7.22. The van der Waals surface area contributed by atoms with E-state index in [-0.39, 0.29) is 5.91 Å². The van der Waals surface area contributed by atoms with Crippen LogP contribution in [0.15, 0.2) is 73.1 Å². The van der Waals surface area contributed by atoms with E-state index in [0.717, 1.165) is 53.8 Å². The zero-order chi connectivity index (χ0) is 22.4. The topological polar surface area (TPSA) is 85.6 Å². The van der Waals surface area contributed by atoms with Gasteiger partial charge in [-0.15, -0.1) is 0 Å². The summed E-state index contributed by atoms with van der Waals surface area (Å²) in [6.07, 6.45) is 3.70. The molecule has 0 spiro atoms. The maximum absolute atomic E-state index is 13.0. The molecule has 3 aromatic heterocycles. The van der Waals surface area contributed by atoms with Gasteiger partial charge in [0, 0.05) is 42.4 Å². The molecule has 0 saturated carbocycles. The summed E-state index contributed by atoms with van der Waals surface area (Å²) in [5.74, 6) is -0.0934. The Hall–Kier alpha value is -4.10. The molecule has 0 saturated heterocycles. The summed E-state index contributed by atoms with van der Waals surface area (Å²) in [5, 5.41) is 9.11. The van der Waals surface area contributed by atoms with Crippen molar-refractivity contribution in [3.8, 4) is 11.1 Å². The number of carbonyl (C=O) groups excluding carboxylic acids is 1. The lowest BCUT2D eigenvalue weighted by Crippen LogP contribution is -2.22. The molecular weight excluding hydrogens is 430 g/mol. The lowest BCUT2D eigenvalue weighted by atomic mass is 10.0. The number of amides is 1. The number of anilines is 1. The second kappa shape index (κ2) is 7.79. The van der Waals surface area contributed by atoms with Gasteiger partial charge >= 0.3 is 0 Å². The normalized spacial score (nSPS) is 11.4. The summed E-state index contributed by atoms with van der Waals surface area (Å²) in [7, 11) is 1.88. The van der Waals surface area contributed by atoms with Crippen molar-refractivity contribution in [3.05, 3.63) is 84.2 Å². The Kier molecular flexibility index (Phi) is 4.62. The number of hydrogen-bond acceptors (Lipinski definition) is 4. The van der Waals surface area contributed by atoms with Crippen LogP contribution < -0.4 is 10.6 Å². The minimum absolute atomic E-state index is 0.0934. The summed E-state index contributed by atoms with van der Waals surface area (Å²) in [4.78, 5) is 24.0. The molecule has 6 aromatic rings. The number of fused-ring (bicyclic) bond motifs is 3. The quantitative estimate of drug-likeness (QED) is 0.263. The van der Waals surface area contributed by atoms with Gasteiger partial charge in [-0.25, -0.2) is 4.98 Å². The van der Waals surface area contributed by atoms with Crippen LogP contribution in [0.25, 0.3) is 43.1 Å². The monoisotopic (exact) mass is 451 g/mol. The summed E-state index contributed by atoms with van der Waals surface area (Å²) < 4.78 is 1.13. The Morgan fingerprint density at radius 2 is 1.82 bits per heavy atom. The van der Waals surface area contributed by atoms with Gasteiger partial charge in [0.05, 0.1) is 15.8 Å². The third-order valence-corrected chi connectivity index (χ3v) is 6.97. The number of aromatic amines is 2. The Bertz CT molecular complexity index is 1640. The summed E-state index contributed by atoms with van der Waals surface area (Å²) in [6.45, 7) is 0.474. The highest BCUT2D eigenvalue weighted by Crippen LogP contribution is 2.32. The Balaban J connectivity index is 1.28. The molecule has 0 bridgehead atoms. The molecule has 0 unspecified atom stereocenters. The minimum atomic E-state index is -0.0934. The molecule has 4 N–H and O–H groups in total. The van der Waals surface area contributed by atoms with Crippen LogP contribution in [0.1, 0.15) is 15.9 Å². The SMILES string of the molecule is CNc1nc2ccc(-c3ccc4[nH]cc(C(=O)NCc5ccc6[nH]ccc6c5)c4c3)cc2s1. The van der Waals surface area contributed by atoms with Gasteiger partial charge in [-0.2, -0.15) is 0 Å². The third kappa shape index (κ3) is 3.52. The maximum Gasteiger partial charge on any atom is 0.253 e. The standard InChI is InChI=1S/C26H21N5OS/c1-27-26-31-23-7-4-17(12-24(23)33-26)16-3-6-22-19(11-16)20(14-29-22)25(32)30-13-15-2-5-21-18(10-15)8-9-28-21/h2-12,14,28-29H,13H2,1H3,(H,27,31)(H,30,32). The number of nitrogens with one attached hydrogen (secondary N) is 4. The first-order valence-electron chi connectivity index (χ1n) is 10.7. The largest absolute Gasteiger partial charge is 0.365 e. The lowest BCUT2D eigenvalue weighted by Gasteiger charge is -2.06. The van der Waals surface area contributed by atoms with Gasteiger partial charge in [0.1, 0.15) is 0 Å². The first-order valence-corrected chi connectivity index (χ1v) is 11.5. The minimum Gasteiger partial charge on any atom is -0.365 e. The smallest absolute Gasteiger partial charge is 0.253 e. The predicted molar refractivity (Wildman–Crippen MR) is 136 cm³/mol. The van der Waals surface area contributed by atoms with Crippen LogP contribution in [-0.4, -0.2) is 27.9 Å². The highest BCUT2D eigenvalue weighted by atomic mass is 32.1. The van der Waals surface area contributed by atoms with Crippen LogP contribution >= 0.6 is 11.3 Å². The maximum atomic E-state index is 13.0. The zero-order valence-corrected chi connectivity index (χ0v) is 18.7. The second-order valence-electron chi connectivity index (χ2n) is 8.00. The Morgan fingerprint density at radius 1 is 0.970 bits per heavy atom. The third-order valence-electron chi connectivity index (χ3n) is 5.93. The number of nitrogens with zero attached hydrogens (tertiary/aromatic N) is 1. The van der Waals surface area contributed by atoms with Gasteiger partial charge in [0.2, 0.25) is 0 Å². The van der Waals surface area contributed by atoms with E-state index in [1.54, 1.807) is 17.5 Å². The lowest BCUT2D eigenvalue weighted by molar-refractivity contribution is 0.0952. The molecule has 0 aliphatic rings. The number of hydrogen-bond donors (Lipinski definition) is 4. The number of rotatable bonds is 5. The molecule has 0 aliphatic heterocycles. The molecule has 6 nitrogen and oxygen atoms in total. The van der Waals surface area contributed by atoms with E-state index in [2.05, 4.69) is 55.9 Å². The van der Waals surface area contributed by atoms with Crippen LogP contribution in [0, 0.1) is 0 Å². The van der Waals surface area contributed by atoms with Gasteiger partial charge in [-0.05, 0) is 64.5 Å². The van der Waals surface area contributed by atoms with E-state index < -0.39 is 0 Å². The van der Waals surface area contributed by atoms with E-state index in [4.69, 9.17) is 0 Å². The first-order chi connectivity index (χ1) is 16.2. The zero-order valence-electron chi connectivity index (χ0n) is 17.9. The molecule has 1 amide bonds. The van der Waals surface area contributed by atoms with Crippen LogP contribution in [0.3, 0.4) is 0 Å². The van der Waals surface area contributed by atoms with Gasteiger partial charge in [-0.1, -0.05) is 29.5 Å². The van der Waals surface area contributed by atoms with Gasteiger partial charge in [0.25, 0.3) is 5.91 Å². The molecule has 7 heteroatoms. The molecule has 0 fully saturated rings.